The van der Waals surface area contributed by atoms with Gasteiger partial charge < -0.3 is 4.74 Å². The average Bonchev–Trinajstić information content (AvgIpc) is 3.22. The Morgan fingerprint density at radius 2 is 1.62 bits per heavy atom. The molecule has 1 aromatic carbocycles. The van der Waals surface area contributed by atoms with Crippen LogP contribution < -0.4 is 4.74 Å². The maximum Gasteiger partial charge on any atom is 0.234 e. The molecule has 0 spiro atoms. The molecule has 2 heterocycles. The summed E-state index contributed by atoms with van der Waals surface area (Å²) in [4.78, 5) is 29.4. The van der Waals surface area contributed by atoms with Crippen molar-refractivity contribution in [1.29, 1.82) is 0 Å². The summed E-state index contributed by atoms with van der Waals surface area (Å²) in [6.45, 7) is 4.03. The Labute approximate surface area is 155 Å². The Morgan fingerprint density at radius 1 is 0.962 bits per heavy atom. The van der Waals surface area contributed by atoms with Crippen molar-refractivity contribution in [3.05, 3.63) is 29.8 Å². The molecule has 2 saturated heterocycles. The Bertz CT molecular complexity index is 648. The van der Waals surface area contributed by atoms with Gasteiger partial charge in [0.05, 0.1) is 25.1 Å². The summed E-state index contributed by atoms with van der Waals surface area (Å²) in [5.74, 6) is 0.911. The minimum absolute atomic E-state index is 0.0530. The van der Waals surface area contributed by atoms with Crippen molar-refractivity contribution >= 4 is 11.8 Å². The molecule has 1 aromatic rings. The van der Waals surface area contributed by atoms with Gasteiger partial charge in [0, 0.05) is 12.6 Å². The lowest BCUT2D eigenvalue weighted by molar-refractivity contribution is -0.142. The van der Waals surface area contributed by atoms with Gasteiger partial charge in [0.2, 0.25) is 11.8 Å². The minimum Gasteiger partial charge on any atom is -0.494 e. The first-order valence-electron chi connectivity index (χ1n) is 10.0. The van der Waals surface area contributed by atoms with Gasteiger partial charge in [-0.2, -0.15) is 0 Å². The number of likely N-dealkylation sites (tertiary alicyclic amines) is 2. The highest BCUT2D eigenvalue weighted by molar-refractivity contribution is 6.05. The first-order valence-corrected chi connectivity index (χ1v) is 10.0. The number of nitrogens with zero attached hydrogens (tertiary/aromatic N) is 2. The molecule has 3 fully saturated rings. The van der Waals surface area contributed by atoms with Crippen molar-refractivity contribution in [3.63, 3.8) is 0 Å². The average molecular weight is 356 g/mol. The van der Waals surface area contributed by atoms with Gasteiger partial charge in [0.25, 0.3) is 0 Å². The van der Waals surface area contributed by atoms with Crippen LogP contribution in [0.1, 0.15) is 57.1 Å². The predicted molar refractivity (Wildman–Crippen MR) is 98.5 cm³/mol. The largest absolute Gasteiger partial charge is 0.494 e. The topological polar surface area (TPSA) is 49.9 Å². The monoisotopic (exact) mass is 356 g/mol. The summed E-state index contributed by atoms with van der Waals surface area (Å²) in [6.07, 6.45) is 6.08. The summed E-state index contributed by atoms with van der Waals surface area (Å²) in [6, 6.07) is 8.52. The number of hydrogen-bond acceptors (Lipinski definition) is 4. The van der Waals surface area contributed by atoms with E-state index in [9.17, 15) is 9.59 Å². The smallest absolute Gasteiger partial charge is 0.234 e. The molecular weight excluding hydrogens is 328 g/mol. The van der Waals surface area contributed by atoms with Crippen LogP contribution in [0.3, 0.4) is 0 Å². The SMILES string of the molecule is CCOc1ccc(C2CCCN2CN2C(=O)C3CCCCC3C2=O)cc1. The zero-order chi connectivity index (χ0) is 18.1. The number of fused-ring (bicyclic) bond motifs is 1. The summed E-state index contributed by atoms with van der Waals surface area (Å²) >= 11 is 0. The number of carbonyl (C=O) groups excluding carboxylic acids is 2. The second-order valence-electron chi connectivity index (χ2n) is 7.72. The molecule has 2 amide bonds. The quantitative estimate of drug-likeness (QED) is 0.759. The third-order valence-corrected chi connectivity index (χ3v) is 6.20. The number of rotatable bonds is 5. The van der Waals surface area contributed by atoms with Crippen molar-refractivity contribution in [2.24, 2.45) is 11.8 Å². The van der Waals surface area contributed by atoms with E-state index in [1.807, 2.05) is 19.1 Å². The summed E-state index contributed by atoms with van der Waals surface area (Å²) in [5.41, 5.74) is 1.24. The first kappa shape index (κ1) is 17.5. The molecule has 5 heteroatoms. The lowest BCUT2D eigenvalue weighted by Gasteiger charge is -2.29. The molecule has 3 aliphatic rings. The predicted octanol–water partition coefficient (Wildman–Crippen LogP) is 3.35. The number of ether oxygens (including phenoxy) is 1. The van der Waals surface area contributed by atoms with Crippen LogP contribution in [0.25, 0.3) is 0 Å². The van der Waals surface area contributed by atoms with Crippen molar-refractivity contribution in [3.8, 4) is 5.75 Å². The molecular formula is C21H28N2O3. The Morgan fingerprint density at radius 3 is 2.23 bits per heavy atom. The van der Waals surface area contributed by atoms with Crippen molar-refractivity contribution < 1.29 is 14.3 Å². The molecule has 0 radical (unpaired) electrons. The third-order valence-electron chi connectivity index (χ3n) is 6.20. The van der Waals surface area contributed by atoms with Gasteiger partial charge in [-0.15, -0.1) is 0 Å². The third kappa shape index (κ3) is 3.13. The van der Waals surface area contributed by atoms with E-state index in [0.717, 1.165) is 50.8 Å². The van der Waals surface area contributed by atoms with Crippen molar-refractivity contribution in [2.75, 3.05) is 19.8 Å². The zero-order valence-corrected chi connectivity index (χ0v) is 15.5. The molecule has 5 nitrogen and oxygen atoms in total. The number of carbonyl (C=O) groups is 2. The van der Waals surface area contributed by atoms with Crippen LogP contribution in [0, 0.1) is 11.8 Å². The summed E-state index contributed by atoms with van der Waals surface area (Å²) in [7, 11) is 0. The number of amides is 2. The molecule has 140 valence electrons. The number of benzene rings is 1. The van der Waals surface area contributed by atoms with Crippen LogP contribution in [0.2, 0.25) is 0 Å². The van der Waals surface area contributed by atoms with E-state index in [1.54, 1.807) is 4.90 Å². The van der Waals surface area contributed by atoms with Crippen LogP contribution in [0.4, 0.5) is 0 Å². The Balaban J connectivity index is 1.47. The molecule has 26 heavy (non-hydrogen) atoms. The van der Waals surface area contributed by atoms with Crippen molar-refractivity contribution in [1.82, 2.24) is 9.80 Å². The lowest BCUT2D eigenvalue weighted by Crippen LogP contribution is -2.41. The molecule has 0 N–H and O–H groups in total. The van der Waals surface area contributed by atoms with Crippen LogP contribution >= 0.6 is 0 Å². The Hall–Kier alpha value is -1.88. The minimum atomic E-state index is -0.0530. The molecule has 1 aliphatic carbocycles. The first-order chi connectivity index (χ1) is 12.7. The van der Waals surface area contributed by atoms with E-state index < -0.39 is 0 Å². The Kier molecular flexibility index (Phi) is 4.98. The normalized spacial score (nSPS) is 29.3. The lowest BCUT2D eigenvalue weighted by atomic mass is 9.81. The number of hydrogen-bond donors (Lipinski definition) is 0. The van der Waals surface area contributed by atoms with Gasteiger partial charge in [0.15, 0.2) is 0 Å². The summed E-state index contributed by atoms with van der Waals surface area (Å²) < 4.78 is 5.53. The molecule has 2 aliphatic heterocycles. The second kappa shape index (κ2) is 7.39. The van der Waals surface area contributed by atoms with Crippen LogP contribution in [-0.4, -0.2) is 41.4 Å². The summed E-state index contributed by atoms with van der Waals surface area (Å²) in [5, 5.41) is 0. The highest BCUT2D eigenvalue weighted by atomic mass is 16.5. The van der Waals surface area contributed by atoms with E-state index in [1.165, 1.54) is 5.56 Å². The van der Waals surface area contributed by atoms with Crippen LogP contribution in [0.5, 0.6) is 5.75 Å². The molecule has 3 atom stereocenters. The van der Waals surface area contributed by atoms with Gasteiger partial charge in [-0.1, -0.05) is 25.0 Å². The maximum atomic E-state index is 12.8. The fourth-order valence-corrected chi connectivity index (χ4v) is 4.88. The number of imide groups is 1. The van der Waals surface area contributed by atoms with Gasteiger partial charge in [0.1, 0.15) is 5.75 Å². The molecule has 3 unspecified atom stereocenters. The van der Waals surface area contributed by atoms with E-state index in [-0.39, 0.29) is 29.7 Å². The molecule has 4 rings (SSSR count). The van der Waals surface area contributed by atoms with Crippen molar-refractivity contribution in [2.45, 2.75) is 51.5 Å². The van der Waals surface area contributed by atoms with Crippen LogP contribution in [-0.2, 0) is 9.59 Å². The standard InChI is InChI=1S/C21H28N2O3/c1-2-26-16-11-9-15(10-12-16)19-8-5-13-22(19)14-23-20(24)17-6-3-4-7-18(17)21(23)25/h9-12,17-19H,2-8,13-14H2,1H3. The maximum absolute atomic E-state index is 12.8. The van der Waals surface area contributed by atoms with Gasteiger partial charge >= 0.3 is 0 Å². The van der Waals surface area contributed by atoms with E-state index in [2.05, 4.69) is 17.0 Å². The van der Waals surface area contributed by atoms with E-state index >= 15 is 0 Å². The zero-order valence-electron chi connectivity index (χ0n) is 15.5. The fourth-order valence-electron chi connectivity index (χ4n) is 4.88. The highest BCUT2D eigenvalue weighted by Gasteiger charge is 2.48. The highest BCUT2D eigenvalue weighted by Crippen LogP contribution is 2.39. The van der Waals surface area contributed by atoms with Gasteiger partial charge in [-0.05, 0) is 50.3 Å². The molecule has 0 aromatic heterocycles. The fraction of sp³-hybridized carbons (Fsp3) is 0.619. The van der Waals surface area contributed by atoms with E-state index in [0.29, 0.717) is 13.3 Å². The van der Waals surface area contributed by atoms with Crippen LogP contribution in [0.15, 0.2) is 24.3 Å². The second-order valence-corrected chi connectivity index (χ2v) is 7.72. The van der Waals surface area contributed by atoms with E-state index in [4.69, 9.17) is 4.74 Å². The van der Waals surface area contributed by atoms with Gasteiger partial charge in [-0.3, -0.25) is 19.4 Å². The molecule has 0 bridgehead atoms. The molecule has 1 saturated carbocycles. The van der Waals surface area contributed by atoms with Gasteiger partial charge in [-0.25, -0.2) is 0 Å².